The lowest BCUT2D eigenvalue weighted by Crippen LogP contribution is -2.45. The summed E-state index contributed by atoms with van der Waals surface area (Å²) in [4.78, 5) is 25.4. The Morgan fingerprint density at radius 2 is 1.79 bits per heavy atom. The molecule has 0 aliphatic carbocycles. The van der Waals surface area contributed by atoms with Crippen molar-refractivity contribution in [1.82, 2.24) is 14.1 Å². The lowest BCUT2D eigenvalue weighted by Gasteiger charge is -2.28. The molecule has 0 fully saturated rings. The largest absolute Gasteiger partial charge is 0.755 e. The zero-order valence-electron chi connectivity index (χ0n) is 19.7. The molecule has 39 heavy (non-hydrogen) atoms. The first-order valence-corrected chi connectivity index (χ1v) is 14.4. The molecule has 0 aliphatic heterocycles. The van der Waals surface area contributed by atoms with Gasteiger partial charge in [-0.1, -0.05) is 54.1 Å². The van der Waals surface area contributed by atoms with E-state index >= 15 is 0 Å². The number of aliphatic carboxylic acids is 1. The van der Waals surface area contributed by atoms with Crippen molar-refractivity contribution in [2.45, 2.75) is 18.6 Å². The number of aromatic nitrogens is 2. The van der Waals surface area contributed by atoms with Crippen molar-refractivity contribution < 1.29 is 28.6 Å². The van der Waals surface area contributed by atoms with Crippen LogP contribution >= 0.6 is 45.9 Å². The molecule has 4 aromatic rings. The number of aliphatic hydroxyl groups excluding tert-OH is 1. The molecule has 1 heterocycles. The van der Waals surface area contributed by atoms with Crippen LogP contribution in [0.5, 0.6) is 0 Å². The van der Waals surface area contributed by atoms with Gasteiger partial charge in [0.25, 0.3) is 5.91 Å². The van der Waals surface area contributed by atoms with Crippen molar-refractivity contribution in [2.75, 3.05) is 4.31 Å². The zero-order chi connectivity index (χ0) is 28.1. The van der Waals surface area contributed by atoms with E-state index in [1.54, 1.807) is 6.07 Å². The van der Waals surface area contributed by atoms with E-state index in [4.69, 9.17) is 11.6 Å². The molecule has 0 radical (unpaired) electrons. The van der Waals surface area contributed by atoms with E-state index in [9.17, 15) is 28.6 Å². The number of halogens is 2. The minimum Gasteiger partial charge on any atom is -0.755 e. The minimum atomic E-state index is -2.92. The smallest absolute Gasteiger partial charge is 0.329 e. The van der Waals surface area contributed by atoms with Gasteiger partial charge in [0.15, 0.2) is 11.9 Å². The van der Waals surface area contributed by atoms with Crippen LogP contribution in [-0.4, -0.2) is 45.6 Å². The van der Waals surface area contributed by atoms with Gasteiger partial charge in [0, 0.05) is 15.0 Å². The topological polar surface area (TPSA) is 156 Å². The molecule has 1 amide bonds. The van der Waals surface area contributed by atoms with Crippen molar-refractivity contribution in [1.29, 1.82) is 0 Å². The van der Waals surface area contributed by atoms with E-state index in [0.29, 0.717) is 20.7 Å². The molecule has 4 rings (SSSR count). The molecular weight excluding hydrogens is 679 g/mol. The molecule has 0 spiro atoms. The second kappa shape index (κ2) is 12.9. The molecule has 0 bridgehead atoms. The number of carboxylic acid groups (broad SMARTS) is 1. The summed E-state index contributed by atoms with van der Waals surface area (Å²) < 4.78 is 35.0. The van der Waals surface area contributed by atoms with Gasteiger partial charge < -0.3 is 20.1 Å². The quantitative estimate of drug-likeness (QED) is 0.164. The molecule has 0 saturated carbocycles. The molecule has 14 heteroatoms. The summed E-state index contributed by atoms with van der Waals surface area (Å²) in [7, 11) is 0. The molecule has 0 saturated heterocycles. The standard InChI is InChI=1S/C25H20ClIN4O6S2/c26-16-8-6-15(7-9-16)22(32)21(25(34)35)28-24(33)18-11-10-17(27)13-20(18)31(39(36)37)23-19(29-38-30-23)12-14-4-2-1-3-5-14/h1-11,13,21-22,32H,12H2,(H,28,33)(H,34,35)(H,36,37)/p-1. The third-order valence-corrected chi connectivity index (χ3v) is 7.74. The monoisotopic (exact) mass is 697 g/mol. The average molecular weight is 698 g/mol. The molecule has 3 aromatic carbocycles. The van der Waals surface area contributed by atoms with E-state index in [1.165, 1.54) is 36.4 Å². The first-order valence-electron chi connectivity index (χ1n) is 11.2. The van der Waals surface area contributed by atoms with Crippen molar-refractivity contribution >= 4 is 80.6 Å². The first kappa shape index (κ1) is 29.0. The van der Waals surface area contributed by atoms with Gasteiger partial charge in [0.05, 0.1) is 34.2 Å². The van der Waals surface area contributed by atoms with Gasteiger partial charge in [-0.25, -0.2) is 4.79 Å². The highest BCUT2D eigenvalue weighted by molar-refractivity contribution is 14.1. The number of anilines is 2. The molecule has 1 aromatic heterocycles. The minimum absolute atomic E-state index is 0.0178. The molecule has 0 aliphatic rings. The summed E-state index contributed by atoms with van der Waals surface area (Å²) in [5, 5.41) is 23.2. The Kier molecular flexibility index (Phi) is 9.63. The van der Waals surface area contributed by atoms with Gasteiger partial charge in [0.2, 0.25) is 0 Å². The maximum Gasteiger partial charge on any atom is 0.329 e. The summed E-state index contributed by atoms with van der Waals surface area (Å²) in [5.74, 6) is -2.38. The summed E-state index contributed by atoms with van der Waals surface area (Å²) in [6, 6.07) is 17.8. The predicted octanol–water partition coefficient (Wildman–Crippen LogP) is 4.24. The van der Waals surface area contributed by atoms with Crippen LogP contribution in [0.4, 0.5) is 11.5 Å². The van der Waals surface area contributed by atoms with Crippen molar-refractivity contribution in [3.8, 4) is 0 Å². The highest BCUT2D eigenvalue weighted by Crippen LogP contribution is 2.34. The maximum atomic E-state index is 13.4. The van der Waals surface area contributed by atoms with Crippen LogP contribution in [0.2, 0.25) is 5.02 Å². The Morgan fingerprint density at radius 1 is 1.10 bits per heavy atom. The van der Waals surface area contributed by atoms with Crippen LogP contribution in [0.3, 0.4) is 0 Å². The normalized spacial score (nSPS) is 13.3. The molecular formula is C25H19ClIN4O6S2-. The third-order valence-electron chi connectivity index (χ3n) is 5.60. The zero-order valence-corrected chi connectivity index (χ0v) is 24.3. The van der Waals surface area contributed by atoms with E-state index < -0.39 is 35.3 Å². The van der Waals surface area contributed by atoms with Crippen LogP contribution in [0.1, 0.15) is 33.3 Å². The van der Waals surface area contributed by atoms with E-state index in [-0.39, 0.29) is 22.6 Å². The van der Waals surface area contributed by atoms with E-state index in [1.807, 2.05) is 52.9 Å². The number of carbonyl (C=O) groups excluding carboxylic acids is 1. The number of aliphatic hydroxyl groups is 1. The number of benzene rings is 3. The molecule has 3 unspecified atom stereocenters. The summed E-state index contributed by atoms with van der Waals surface area (Å²) >= 11 is 5.74. The van der Waals surface area contributed by atoms with Gasteiger partial charge in [-0.15, -0.1) is 0 Å². The number of amides is 1. The number of nitrogens with one attached hydrogen (secondary N) is 1. The summed E-state index contributed by atoms with van der Waals surface area (Å²) in [6.07, 6.45) is -1.32. The number of carbonyl (C=O) groups is 2. The molecule has 3 N–H and O–H groups in total. The molecule has 10 nitrogen and oxygen atoms in total. The van der Waals surface area contributed by atoms with Crippen LogP contribution in [0, 0.1) is 3.57 Å². The van der Waals surface area contributed by atoms with Crippen LogP contribution in [0.15, 0.2) is 72.8 Å². The van der Waals surface area contributed by atoms with Gasteiger partial charge in [-0.05, 0) is 64.0 Å². The Bertz CT molecular complexity index is 1510. The molecule has 3 atom stereocenters. The SMILES string of the molecule is O=C(NC(C(=O)O)C(O)c1ccc(Cl)cc1)c1ccc(I)cc1N(c1nsnc1Cc1ccccc1)S(=O)[O-]. The highest BCUT2D eigenvalue weighted by Gasteiger charge is 2.32. The van der Waals surface area contributed by atoms with Crippen molar-refractivity contribution in [3.05, 3.63) is 104 Å². The third kappa shape index (κ3) is 6.98. The fraction of sp³-hybridized carbons (Fsp3) is 0.120. The first-order chi connectivity index (χ1) is 18.7. The van der Waals surface area contributed by atoms with Gasteiger partial charge in [-0.3, -0.25) is 13.3 Å². The lowest BCUT2D eigenvalue weighted by molar-refractivity contribution is -0.142. The van der Waals surface area contributed by atoms with E-state index in [2.05, 4.69) is 14.1 Å². The Labute approximate surface area is 248 Å². The number of hydrogen-bond acceptors (Lipinski definition) is 8. The van der Waals surface area contributed by atoms with Crippen LogP contribution in [0.25, 0.3) is 0 Å². The predicted molar refractivity (Wildman–Crippen MR) is 155 cm³/mol. The second-order valence-electron chi connectivity index (χ2n) is 8.16. The number of carboxylic acids is 1. The van der Waals surface area contributed by atoms with Crippen molar-refractivity contribution in [2.24, 2.45) is 0 Å². The highest BCUT2D eigenvalue weighted by atomic mass is 127. The Balaban J connectivity index is 1.70. The molecule has 202 valence electrons. The van der Waals surface area contributed by atoms with Crippen molar-refractivity contribution in [3.63, 3.8) is 0 Å². The van der Waals surface area contributed by atoms with Gasteiger partial charge in [-0.2, -0.15) is 8.75 Å². The Hall–Kier alpha value is -2.95. The lowest BCUT2D eigenvalue weighted by atomic mass is 10.0. The summed E-state index contributed by atoms with van der Waals surface area (Å²) in [5.41, 5.74) is 1.27. The number of nitrogens with zero attached hydrogens (tertiary/aromatic N) is 3. The fourth-order valence-corrected chi connectivity index (χ4v) is 5.54. The number of hydrogen-bond donors (Lipinski definition) is 3. The maximum absolute atomic E-state index is 13.4. The Morgan fingerprint density at radius 3 is 2.44 bits per heavy atom. The number of rotatable bonds is 10. The fourth-order valence-electron chi connectivity index (χ4n) is 3.73. The van der Waals surface area contributed by atoms with Gasteiger partial charge >= 0.3 is 5.97 Å². The van der Waals surface area contributed by atoms with Crippen LogP contribution in [-0.2, 0) is 22.5 Å². The van der Waals surface area contributed by atoms with E-state index in [0.717, 1.165) is 21.6 Å². The average Bonchev–Trinajstić information content (AvgIpc) is 3.35. The van der Waals surface area contributed by atoms with Crippen LogP contribution < -0.4 is 9.62 Å². The summed E-state index contributed by atoms with van der Waals surface area (Å²) in [6.45, 7) is 0. The van der Waals surface area contributed by atoms with Gasteiger partial charge in [0.1, 0.15) is 11.8 Å². The second-order valence-corrected chi connectivity index (χ2v) is 11.2.